The number of carbonyl (C=O) groups is 2. The van der Waals surface area contributed by atoms with Crippen molar-refractivity contribution >= 4 is 27.8 Å². The number of hydrogen-bond acceptors (Lipinski definition) is 3. The first-order chi connectivity index (χ1) is 10.5. The number of hydrogen-bond donors (Lipinski definition) is 1. The van der Waals surface area contributed by atoms with Gasteiger partial charge in [-0.1, -0.05) is 28.1 Å². The lowest BCUT2D eigenvalue weighted by atomic mass is 9.94. The van der Waals surface area contributed by atoms with E-state index in [9.17, 15) is 9.59 Å². The van der Waals surface area contributed by atoms with Gasteiger partial charge in [0.1, 0.15) is 6.54 Å². The smallest absolute Gasteiger partial charge is 0.323 e. The van der Waals surface area contributed by atoms with Gasteiger partial charge in [-0.3, -0.25) is 9.59 Å². The molecule has 0 radical (unpaired) electrons. The van der Waals surface area contributed by atoms with Crippen LogP contribution >= 0.6 is 15.9 Å². The first-order valence-electron chi connectivity index (χ1n) is 7.32. The molecular weight excluding hydrogens is 350 g/mol. The van der Waals surface area contributed by atoms with Crippen LogP contribution in [0.3, 0.4) is 0 Å². The van der Waals surface area contributed by atoms with Crippen LogP contribution in [0.4, 0.5) is 0 Å². The zero-order valence-electron chi connectivity index (χ0n) is 12.5. The van der Waals surface area contributed by atoms with Crippen molar-refractivity contribution in [3.8, 4) is 0 Å². The largest absolute Gasteiger partial charge is 0.480 e. The molecule has 1 fully saturated rings. The summed E-state index contributed by atoms with van der Waals surface area (Å²) in [7, 11) is 0. The van der Waals surface area contributed by atoms with Crippen LogP contribution in [0.25, 0.3) is 0 Å². The lowest BCUT2D eigenvalue weighted by Gasteiger charge is -2.31. The van der Waals surface area contributed by atoms with Gasteiger partial charge in [0.05, 0.1) is 6.10 Å². The quantitative estimate of drug-likeness (QED) is 0.866. The molecule has 120 valence electrons. The molecule has 22 heavy (non-hydrogen) atoms. The molecule has 1 saturated heterocycles. The molecular formula is C16H20BrNO4. The summed E-state index contributed by atoms with van der Waals surface area (Å²) in [5, 5.41) is 9.09. The van der Waals surface area contributed by atoms with E-state index >= 15 is 0 Å². The van der Waals surface area contributed by atoms with Crippen LogP contribution in [0.1, 0.15) is 25.3 Å². The summed E-state index contributed by atoms with van der Waals surface area (Å²) in [6, 6.07) is 7.56. The highest BCUT2D eigenvalue weighted by Crippen LogP contribution is 2.23. The Kier molecular flexibility index (Phi) is 5.97. The van der Waals surface area contributed by atoms with Crippen LogP contribution in [0, 0.1) is 5.92 Å². The van der Waals surface area contributed by atoms with E-state index in [-0.39, 0.29) is 24.5 Å². The number of ether oxygens (including phenoxy) is 1. The maximum Gasteiger partial charge on any atom is 0.323 e. The van der Waals surface area contributed by atoms with Crippen molar-refractivity contribution in [1.82, 2.24) is 4.90 Å². The minimum Gasteiger partial charge on any atom is -0.480 e. The first-order valence-corrected chi connectivity index (χ1v) is 8.11. The minimum absolute atomic E-state index is 0.0419. The summed E-state index contributed by atoms with van der Waals surface area (Å²) >= 11 is 3.39. The summed E-state index contributed by atoms with van der Waals surface area (Å²) < 4.78 is 6.37. The molecule has 2 unspecified atom stereocenters. The van der Waals surface area contributed by atoms with Gasteiger partial charge < -0.3 is 14.7 Å². The lowest BCUT2D eigenvalue weighted by molar-refractivity contribution is -0.149. The van der Waals surface area contributed by atoms with Gasteiger partial charge in [-0.25, -0.2) is 0 Å². The highest BCUT2D eigenvalue weighted by Gasteiger charge is 2.30. The number of halogens is 1. The predicted octanol–water partition coefficient (Wildman–Crippen LogP) is 2.68. The molecule has 1 amide bonds. The Labute approximate surface area is 138 Å². The van der Waals surface area contributed by atoms with Crippen molar-refractivity contribution in [1.29, 1.82) is 0 Å². The van der Waals surface area contributed by atoms with Crippen LogP contribution in [0.15, 0.2) is 28.7 Å². The number of carboxylic acids is 1. The Morgan fingerprint density at radius 2 is 2.23 bits per heavy atom. The van der Waals surface area contributed by atoms with Crippen molar-refractivity contribution in [2.45, 2.75) is 32.4 Å². The van der Waals surface area contributed by atoms with Crippen molar-refractivity contribution in [2.24, 2.45) is 5.92 Å². The average molecular weight is 370 g/mol. The molecule has 0 aliphatic carbocycles. The molecule has 1 N–H and O–H groups in total. The fourth-order valence-corrected chi connectivity index (χ4v) is 3.16. The van der Waals surface area contributed by atoms with Crippen molar-refractivity contribution in [2.75, 3.05) is 13.2 Å². The molecule has 1 aromatic rings. The number of aliphatic carboxylic acids is 1. The SMILES string of the molecule is CC1CC(C(=O)N(CC(=O)O)Cc2cccc(Br)c2)CCO1. The summed E-state index contributed by atoms with van der Waals surface area (Å²) in [6.07, 6.45) is 1.34. The van der Waals surface area contributed by atoms with Crippen LogP contribution in [0.5, 0.6) is 0 Å². The minimum atomic E-state index is -0.997. The van der Waals surface area contributed by atoms with E-state index in [1.165, 1.54) is 4.90 Å². The van der Waals surface area contributed by atoms with Gasteiger partial charge in [0.15, 0.2) is 0 Å². The fraction of sp³-hybridized carbons (Fsp3) is 0.500. The number of amides is 1. The third kappa shape index (κ3) is 4.81. The third-order valence-electron chi connectivity index (χ3n) is 3.73. The van der Waals surface area contributed by atoms with E-state index < -0.39 is 5.97 Å². The standard InChI is InChI=1S/C16H20BrNO4/c1-11-7-13(5-6-22-11)16(21)18(10-15(19)20)9-12-3-2-4-14(17)8-12/h2-4,8,11,13H,5-7,9-10H2,1H3,(H,19,20). The molecule has 1 aliphatic heterocycles. The van der Waals surface area contributed by atoms with Gasteiger partial charge in [-0.2, -0.15) is 0 Å². The highest BCUT2D eigenvalue weighted by molar-refractivity contribution is 9.10. The van der Waals surface area contributed by atoms with E-state index in [1.807, 2.05) is 31.2 Å². The van der Waals surface area contributed by atoms with Crippen molar-refractivity contribution in [3.05, 3.63) is 34.3 Å². The van der Waals surface area contributed by atoms with E-state index in [1.54, 1.807) is 0 Å². The van der Waals surface area contributed by atoms with Gasteiger partial charge in [0.2, 0.25) is 5.91 Å². The normalized spacial score (nSPS) is 21.4. The van der Waals surface area contributed by atoms with Crippen LogP contribution in [-0.4, -0.2) is 41.1 Å². The maximum atomic E-state index is 12.7. The first kappa shape index (κ1) is 17.0. The Morgan fingerprint density at radius 3 is 2.86 bits per heavy atom. The molecule has 0 spiro atoms. The number of benzene rings is 1. The monoisotopic (exact) mass is 369 g/mol. The van der Waals surface area contributed by atoms with Gasteiger partial charge in [-0.15, -0.1) is 0 Å². The maximum absolute atomic E-state index is 12.7. The molecule has 0 aromatic heterocycles. The lowest BCUT2D eigenvalue weighted by Crippen LogP contribution is -2.42. The molecule has 0 bridgehead atoms. The number of carboxylic acid groups (broad SMARTS) is 1. The molecule has 2 rings (SSSR count). The van der Waals surface area contributed by atoms with E-state index in [0.717, 1.165) is 10.0 Å². The summed E-state index contributed by atoms with van der Waals surface area (Å²) in [5.41, 5.74) is 0.907. The van der Waals surface area contributed by atoms with Crippen molar-refractivity contribution in [3.63, 3.8) is 0 Å². The zero-order chi connectivity index (χ0) is 16.1. The zero-order valence-corrected chi connectivity index (χ0v) is 14.1. The Bertz CT molecular complexity index is 549. The van der Waals surface area contributed by atoms with Crippen LogP contribution in [0.2, 0.25) is 0 Å². The van der Waals surface area contributed by atoms with Crippen LogP contribution in [-0.2, 0) is 20.9 Å². The summed E-state index contributed by atoms with van der Waals surface area (Å²) in [6.45, 7) is 2.51. The molecule has 0 saturated carbocycles. The summed E-state index contributed by atoms with van der Waals surface area (Å²) in [5.74, 6) is -1.25. The van der Waals surface area contributed by atoms with Gasteiger partial charge in [-0.05, 0) is 37.5 Å². The molecule has 6 heteroatoms. The average Bonchev–Trinajstić information content (AvgIpc) is 2.45. The second-order valence-electron chi connectivity index (χ2n) is 5.62. The van der Waals surface area contributed by atoms with Gasteiger partial charge >= 0.3 is 5.97 Å². The van der Waals surface area contributed by atoms with Gasteiger partial charge in [0.25, 0.3) is 0 Å². The summed E-state index contributed by atoms with van der Waals surface area (Å²) in [4.78, 5) is 25.2. The third-order valence-corrected chi connectivity index (χ3v) is 4.23. The fourth-order valence-electron chi connectivity index (χ4n) is 2.71. The second kappa shape index (κ2) is 7.74. The molecule has 5 nitrogen and oxygen atoms in total. The topological polar surface area (TPSA) is 66.8 Å². The second-order valence-corrected chi connectivity index (χ2v) is 6.54. The molecule has 1 aliphatic rings. The molecule has 1 aromatic carbocycles. The Hall–Kier alpha value is -1.40. The number of carbonyl (C=O) groups excluding carboxylic acids is 1. The van der Waals surface area contributed by atoms with Crippen LogP contribution < -0.4 is 0 Å². The molecule has 2 atom stereocenters. The number of nitrogens with zero attached hydrogens (tertiary/aromatic N) is 1. The van der Waals surface area contributed by atoms with E-state index in [0.29, 0.717) is 26.0 Å². The highest BCUT2D eigenvalue weighted by atomic mass is 79.9. The van der Waals surface area contributed by atoms with E-state index in [2.05, 4.69) is 15.9 Å². The number of rotatable bonds is 5. The Balaban J connectivity index is 2.11. The van der Waals surface area contributed by atoms with Crippen molar-refractivity contribution < 1.29 is 19.4 Å². The van der Waals surface area contributed by atoms with Gasteiger partial charge in [0, 0.05) is 23.5 Å². The molecule has 1 heterocycles. The predicted molar refractivity (Wildman–Crippen MR) is 85.3 cm³/mol. The Morgan fingerprint density at radius 1 is 1.45 bits per heavy atom. The van der Waals surface area contributed by atoms with E-state index in [4.69, 9.17) is 9.84 Å².